The molecule has 1 aromatic rings. The molecule has 5 nitrogen and oxygen atoms in total. The molecule has 5 heteroatoms. The van der Waals surface area contributed by atoms with Crippen LogP contribution in [0.15, 0.2) is 0 Å². The lowest BCUT2D eigenvalue weighted by atomic mass is 10.0. The summed E-state index contributed by atoms with van der Waals surface area (Å²) < 4.78 is 1.72. The first-order valence-electron chi connectivity index (χ1n) is 6.46. The predicted octanol–water partition coefficient (Wildman–Crippen LogP) is 0.928. The maximum Gasteiger partial charge on any atom is 0.255 e. The normalized spacial score (nSPS) is 23.3. The van der Waals surface area contributed by atoms with Gasteiger partial charge in [-0.2, -0.15) is 5.10 Å². The number of aromatic nitrogens is 2. The van der Waals surface area contributed by atoms with Gasteiger partial charge in [0.15, 0.2) is 0 Å². The molecule has 2 atom stereocenters. The molecule has 1 aromatic heterocycles. The molecule has 1 aliphatic rings. The van der Waals surface area contributed by atoms with Crippen molar-refractivity contribution in [3.05, 3.63) is 17.0 Å². The Hall–Kier alpha value is -1.36. The molecule has 2 rings (SSSR count). The molecule has 100 valence electrons. The molecule has 0 aliphatic heterocycles. The third-order valence-electron chi connectivity index (χ3n) is 3.95. The van der Waals surface area contributed by atoms with Crippen LogP contribution in [0.25, 0.3) is 0 Å². The third kappa shape index (κ3) is 2.27. The van der Waals surface area contributed by atoms with Crippen molar-refractivity contribution in [1.82, 2.24) is 15.1 Å². The van der Waals surface area contributed by atoms with Crippen molar-refractivity contribution in [1.29, 1.82) is 0 Å². The standard InChI is InChI=1S/C13H21N3O2/c1-8-12(9(2)16(3)15-8)13(18)14-11-6-4-5-10(11)7-17/h10-11,17H,4-7H2,1-3H3,(H,14,18). The van der Waals surface area contributed by atoms with Crippen LogP contribution in [-0.2, 0) is 7.05 Å². The lowest BCUT2D eigenvalue weighted by molar-refractivity contribution is 0.0914. The molecule has 1 heterocycles. The van der Waals surface area contributed by atoms with Gasteiger partial charge in [0, 0.05) is 31.3 Å². The second-order valence-corrected chi connectivity index (χ2v) is 5.12. The highest BCUT2D eigenvalue weighted by Gasteiger charge is 2.29. The summed E-state index contributed by atoms with van der Waals surface area (Å²) in [7, 11) is 1.84. The fraction of sp³-hybridized carbons (Fsp3) is 0.692. The molecular weight excluding hydrogens is 230 g/mol. The van der Waals surface area contributed by atoms with E-state index in [1.165, 1.54) is 0 Å². The Kier molecular flexibility index (Phi) is 3.71. The van der Waals surface area contributed by atoms with Crippen LogP contribution < -0.4 is 5.32 Å². The summed E-state index contributed by atoms with van der Waals surface area (Å²) >= 11 is 0. The zero-order chi connectivity index (χ0) is 13.3. The number of hydrogen-bond donors (Lipinski definition) is 2. The average molecular weight is 251 g/mol. The summed E-state index contributed by atoms with van der Waals surface area (Å²) in [6, 6.07) is 0.0986. The predicted molar refractivity (Wildman–Crippen MR) is 68.4 cm³/mol. The van der Waals surface area contributed by atoms with Crippen molar-refractivity contribution in [3.8, 4) is 0 Å². The molecule has 0 radical (unpaired) electrons. The van der Waals surface area contributed by atoms with E-state index in [1.807, 2.05) is 20.9 Å². The van der Waals surface area contributed by atoms with Gasteiger partial charge in [-0.25, -0.2) is 0 Å². The first-order chi connectivity index (χ1) is 8.54. The number of aliphatic hydroxyl groups is 1. The van der Waals surface area contributed by atoms with E-state index in [0.717, 1.165) is 30.7 Å². The van der Waals surface area contributed by atoms with Gasteiger partial charge in [0.05, 0.1) is 11.3 Å². The number of hydrogen-bond acceptors (Lipinski definition) is 3. The lowest BCUT2D eigenvalue weighted by Gasteiger charge is -2.19. The summed E-state index contributed by atoms with van der Waals surface area (Å²) in [5, 5.41) is 16.6. The van der Waals surface area contributed by atoms with Crippen LogP contribution in [-0.4, -0.2) is 33.4 Å². The van der Waals surface area contributed by atoms with Crippen molar-refractivity contribution in [2.75, 3.05) is 6.61 Å². The monoisotopic (exact) mass is 251 g/mol. The zero-order valence-electron chi connectivity index (χ0n) is 11.2. The van der Waals surface area contributed by atoms with Crippen molar-refractivity contribution in [2.45, 2.75) is 39.2 Å². The minimum Gasteiger partial charge on any atom is -0.396 e. The van der Waals surface area contributed by atoms with Crippen LogP contribution in [0.3, 0.4) is 0 Å². The van der Waals surface area contributed by atoms with Crippen LogP contribution in [0, 0.1) is 19.8 Å². The smallest absolute Gasteiger partial charge is 0.255 e. The first kappa shape index (κ1) is 13.1. The molecule has 0 saturated heterocycles. The van der Waals surface area contributed by atoms with E-state index in [2.05, 4.69) is 10.4 Å². The number of rotatable bonds is 3. The van der Waals surface area contributed by atoms with E-state index in [4.69, 9.17) is 0 Å². The zero-order valence-corrected chi connectivity index (χ0v) is 11.2. The molecular formula is C13H21N3O2. The molecule has 2 N–H and O–H groups in total. The second kappa shape index (κ2) is 5.10. The minimum atomic E-state index is -0.0663. The molecule has 18 heavy (non-hydrogen) atoms. The number of carbonyl (C=O) groups is 1. The largest absolute Gasteiger partial charge is 0.396 e. The van der Waals surface area contributed by atoms with Gasteiger partial charge in [-0.1, -0.05) is 6.42 Å². The maximum absolute atomic E-state index is 12.3. The van der Waals surface area contributed by atoms with E-state index >= 15 is 0 Å². The Morgan fingerprint density at radius 2 is 2.22 bits per heavy atom. The van der Waals surface area contributed by atoms with Crippen molar-refractivity contribution < 1.29 is 9.90 Å². The Balaban J connectivity index is 2.12. The second-order valence-electron chi connectivity index (χ2n) is 5.12. The van der Waals surface area contributed by atoms with E-state index in [9.17, 15) is 9.90 Å². The number of aryl methyl sites for hydroxylation is 2. The van der Waals surface area contributed by atoms with Crippen molar-refractivity contribution >= 4 is 5.91 Å². The number of carbonyl (C=O) groups excluding carboxylic acids is 1. The molecule has 1 aliphatic carbocycles. The summed E-state index contributed by atoms with van der Waals surface area (Å²) in [5.41, 5.74) is 2.30. The molecule has 0 spiro atoms. The van der Waals surface area contributed by atoms with E-state index in [0.29, 0.717) is 5.56 Å². The van der Waals surface area contributed by atoms with Gasteiger partial charge >= 0.3 is 0 Å². The summed E-state index contributed by atoms with van der Waals surface area (Å²) in [4.78, 5) is 12.3. The van der Waals surface area contributed by atoms with Crippen LogP contribution in [0.5, 0.6) is 0 Å². The van der Waals surface area contributed by atoms with E-state index in [1.54, 1.807) is 4.68 Å². The molecule has 1 saturated carbocycles. The molecule has 1 amide bonds. The van der Waals surface area contributed by atoms with Gasteiger partial charge < -0.3 is 10.4 Å². The third-order valence-corrected chi connectivity index (χ3v) is 3.95. The highest BCUT2D eigenvalue weighted by molar-refractivity contribution is 5.96. The molecule has 0 bridgehead atoms. The number of amides is 1. The summed E-state index contributed by atoms with van der Waals surface area (Å²) in [5.74, 6) is 0.134. The molecule has 1 fully saturated rings. The Labute approximate surface area is 107 Å². The lowest BCUT2D eigenvalue weighted by Crippen LogP contribution is -2.39. The van der Waals surface area contributed by atoms with Crippen molar-refractivity contribution in [2.24, 2.45) is 13.0 Å². The van der Waals surface area contributed by atoms with Gasteiger partial charge in [-0.15, -0.1) is 0 Å². The average Bonchev–Trinajstić information content (AvgIpc) is 2.85. The van der Waals surface area contributed by atoms with Crippen LogP contribution in [0.2, 0.25) is 0 Å². The summed E-state index contributed by atoms with van der Waals surface area (Å²) in [6.07, 6.45) is 3.02. The Morgan fingerprint density at radius 3 is 2.78 bits per heavy atom. The Bertz CT molecular complexity index is 453. The van der Waals surface area contributed by atoms with Gasteiger partial charge in [-0.05, 0) is 26.7 Å². The molecule has 0 aromatic carbocycles. The van der Waals surface area contributed by atoms with Gasteiger partial charge in [-0.3, -0.25) is 9.48 Å². The Morgan fingerprint density at radius 1 is 1.50 bits per heavy atom. The highest BCUT2D eigenvalue weighted by Crippen LogP contribution is 2.25. The van der Waals surface area contributed by atoms with E-state index < -0.39 is 0 Å². The molecule has 2 unspecified atom stereocenters. The SMILES string of the molecule is Cc1nn(C)c(C)c1C(=O)NC1CCCC1CO. The quantitative estimate of drug-likeness (QED) is 0.839. The van der Waals surface area contributed by atoms with Crippen LogP contribution in [0.4, 0.5) is 0 Å². The van der Waals surface area contributed by atoms with E-state index in [-0.39, 0.29) is 24.5 Å². The summed E-state index contributed by atoms with van der Waals surface area (Å²) in [6.45, 7) is 3.89. The fourth-order valence-corrected chi connectivity index (χ4v) is 2.79. The van der Waals surface area contributed by atoms with Crippen LogP contribution in [0.1, 0.15) is 41.0 Å². The first-order valence-corrected chi connectivity index (χ1v) is 6.46. The fourth-order valence-electron chi connectivity index (χ4n) is 2.79. The maximum atomic E-state index is 12.3. The minimum absolute atomic E-state index is 0.0663. The highest BCUT2D eigenvalue weighted by atomic mass is 16.3. The van der Waals surface area contributed by atoms with Gasteiger partial charge in [0.1, 0.15) is 0 Å². The van der Waals surface area contributed by atoms with Gasteiger partial charge in [0.25, 0.3) is 5.91 Å². The van der Waals surface area contributed by atoms with Crippen LogP contribution >= 0.6 is 0 Å². The number of nitrogens with one attached hydrogen (secondary N) is 1. The number of aliphatic hydroxyl groups excluding tert-OH is 1. The number of nitrogens with zero attached hydrogens (tertiary/aromatic N) is 2. The van der Waals surface area contributed by atoms with Crippen molar-refractivity contribution in [3.63, 3.8) is 0 Å². The topological polar surface area (TPSA) is 67.2 Å². The van der Waals surface area contributed by atoms with Gasteiger partial charge in [0.2, 0.25) is 0 Å².